The van der Waals surface area contributed by atoms with Crippen LogP contribution in [-0.2, 0) is 0 Å². The van der Waals surface area contributed by atoms with E-state index in [2.05, 4.69) is 104 Å². The molecule has 0 N–H and O–H groups in total. The third kappa shape index (κ3) is 4.31. The van der Waals surface area contributed by atoms with Gasteiger partial charge in [-0.05, 0) is 71.3 Å². The van der Waals surface area contributed by atoms with Crippen LogP contribution in [0.15, 0.2) is 152 Å². The number of benzene rings is 7. The van der Waals surface area contributed by atoms with E-state index in [0.29, 0.717) is 16.9 Å². The number of para-hydroxylation sites is 3. The van der Waals surface area contributed by atoms with Crippen molar-refractivity contribution in [2.75, 3.05) is 0 Å². The van der Waals surface area contributed by atoms with Gasteiger partial charge in [-0.2, -0.15) is 5.26 Å². The predicted molar refractivity (Wildman–Crippen MR) is 203 cm³/mol. The minimum absolute atomic E-state index is 0.524. The Bertz CT molecular complexity index is 2920. The average Bonchev–Trinajstić information content (AvgIpc) is 3.70. The smallest absolute Gasteiger partial charge is 0.195 e. The first kappa shape index (κ1) is 28.8. The molecule has 9 aromatic rings. The van der Waals surface area contributed by atoms with Crippen molar-refractivity contribution < 1.29 is 0 Å². The summed E-state index contributed by atoms with van der Waals surface area (Å²) in [5, 5.41) is 14.1. The Morgan fingerprint density at radius 3 is 1.68 bits per heavy atom. The molecule has 0 saturated heterocycles. The van der Waals surface area contributed by atoms with Gasteiger partial charge in [-0.3, -0.25) is 0 Å². The number of aromatic nitrogens is 2. The summed E-state index contributed by atoms with van der Waals surface area (Å²) < 4.78 is 4.46. The van der Waals surface area contributed by atoms with Crippen LogP contribution in [0.4, 0.5) is 11.4 Å². The Balaban J connectivity index is 1.32. The fraction of sp³-hybridized carbons (Fsp3) is 0. The van der Waals surface area contributed by atoms with Gasteiger partial charge in [0.2, 0.25) is 0 Å². The highest BCUT2D eigenvalue weighted by atomic mass is 15.0. The van der Waals surface area contributed by atoms with E-state index >= 15 is 0 Å². The average molecular weight is 636 g/mol. The first-order valence-corrected chi connectivity index (χ1v) is 16.2. The van der Waals surface area contributed by atoms with Crippen molar-refractivity contribution in [3.8, 4) is 39.7 Å². The Morgan fingerprint density at radius 2 is 1.04 bits per heavy atom. The second-order valence-electron chi connectivity index (χ2n) is 12.2. The van der Waals surface area contributed by atoms with Gasteiger partial charge >= 0.3 is 0 Å². The summed E-state index contributed by atoms with van der Waals surface area (Å²) >= 11 is 0. The monoisotopic (exact) mass is 635 g/mol. The lowest BCUT2D eigenvalue weighted by molar-refractivity contribution is 1.18. The van der Waals surface area contributed by atoms with Crippen molar-refractivity contribution in [2.24, 2.45) is 0 Å². The lowest BCUT2D eigenvalue weighted by atomic mass is 9.92. The minimum atomic E-state index is 0.524. The van der Waals surface area contributed by atoms with Gasteiger partial charge in [0.15, 0.2) is 11.4 Å². The summed E-state index contributed by atoms with van der Waals surface area (Å²) in [6, 6.07) is 53.1. The molecule has 0 aliphatic heterocycles. The molecule has 2 aromatic heterocycles. The quantitative estimate of drug-likeness (QED) is 0.177. The molecule has 0 spiro atoms. The van der Waals surface area contributed by atoms with Crippen LogP contribution >= 0.6 is 0 Å². The lowest BCUT2D eigenvalue weighted by Gasteiger charge is -2.19. The van der Waals surface area contributed by atoms with Crippen molar-refractivity contribution in [1.82, 2.24) is 9.13 Å². The van der Waals surface area contributed by atoms with Gasteiger partial charge in [0.25, 0.3) is 0 Å². The zero-order valence-electron chi connectivity index (χ0n) is 26.7. The molecule has 5 heteroatoms. The summed E-state index contributed by atoms with van der Waals surface area (Å²) in [7, 11) is 0. The number of nitriles is 1. The first-order valence-electron chi connectivity index (χ1n) is 16.2. The molecule has 7 aromatic carbocycles. The van der Waals surface area contributed by atoms with Gasteiger partial charge in [-0.1, -0.05) is 97.1 Å². The van der Waals surface area contributed by atoms with Crippen LogP contribution in [0.3, 0.4) is 0 Å². The molecule has 230 valence electrons. The number of fused-ring (bicyclic) bond motifs is 6. The molecule has 0 fully saturated rings. The highest BCUT2D eigenvalue weighted by Gasteiger charge is 2.20. The summed E-state index contributed by atoms with van der Waals surface area (Å²) in [4.78, 5) is 7.81. The number of hydrogen-bond acceptors (Lipinski definition) is 1. The van der Waals surface area contributed by atoms with E-state index in [-0.39, 0.29) is 0 Å². The molecule has 0 amide bonds. The van der Waals surface area contributed by atoms with Gasteiger partial charge in [0, 0.05) is 38.5 Å². The van der Waals surface area contributed by atoms with Gasteiger partial charge in [0.1, 0.15) is 0 Å². The van der Waals surface area contributed by atoms with Crippen LogP contribution in [-0.4, -0.2) is 9.13 Å². The van der Waals surface area contributed by atoms with Crippen LogP contribution < -0.4 is 0 Å². The number of hydrogen-bond donors (Lipinski definition) is 0. The van der Waals surface area contributed by atoms with Crippen LogP contribution in [0.1, 0.15) is 5.56 Å². The molecule has 2 heterocycles. The Morgan fingerprint density at radius 1 is 0.460 bits per heavy atom. The van der Waals surface area contributed by atoms with Crippen molar-refractivity contribution in [3.05, 3.63) is 180 Å². The molecule has 0 radical (unpaired) electrons. The Labute approximate surface area is 288 Å². The third-order valence-corrected chi connectivity index (χ3v) is 9.60. The van der Waals surface area contributed by atoms with Gasteiger partial charge in [-0.15, -0.1) is 0 Å². The molecular weight excluding hydrogens is 611 g/mol. The van der Waals surface area contributed by atoms with E-state index in [4.69, 9.17) is 13.1 Å². The molecule has 5 nitrogen and oxygen atoms in total. The Hall–Kier alpha value is -7.39. The number of rotatable bonds is 4. The second kappa shape index (κ2) is 11.4. The van der Waals surface area contributed by atoms with E-state index in [1.807, 2.05) is 72.8 Å². The highest BCUT2D eigenvalue weighted by Crippen LogP contribution is 2.44. The second-order valence-corrected chi connectivity index (χ2v) is 12.2. The van der Waals surface area contributed by atoms with Crippen LogP contribution in [0.25, 0.3) is 86.9 Å². The van der Waals surface area contributed by atoms with E-state index in [1.54, 1.807) is 0 Å². The normalized spacial score (nSPS) is 11.1. The first-order chi connectivity index (χ1) is 24.7. The van der Waals surface area contributed by atoms with E-state index < -0.39 is 0 Å². The topological polar surface area (TPSA) is 42.4 Å². The molecule has 0 atom stereocenters. The molecule has 50 heavy (non-hydrogen) atoms. The summed E-state index contributed by atoms with van der Waals surface area (Å²) in [5.74, 6) is 0. The number of nitrogens with zero attached hydrogens (tertiary/aromatic N) is 5. The van der Waals surface area contributed by atoms with Crippen LogP contribution in [0.2, 0.25) is 0 Å². The minimum Gasteiger partial charge on any atom is -0.310 e. The SMILES string of the molecule is [C-]#[N+]c1ccc(-c2ccccc2-c2cc(-n3c4ccccc4c4ccccc43)ccc2[N+]#[C-])c(-n2c3ccccc3c3cc(C#N)ccc32)c1. The molecule has 0 aliphatic rings. The van der Waals surface area contributed by atoms with Crippen LogP contribution in [0, 0.1) is 24.5 Å². The standard InChI is InChI=1S/C45H25N5/c1-47-30-20-22-37(45(26-30)50-43-18-10-7-15-36(43)39-25-29(28-46)19-24-44(39)50)32-11-3-4-12-33(32)38-27-31(21-23-40(38)48-2)49-41-16-8-5-13-34(41)35-14-6-9-17-42(35)49/h3-27H. The predicted octanol–water partition coefficient (Wildman–Crippen LogP) is 12.2. The van der Waals surface area contributed by atoms with E-state index in [0.717, 1.165) is 66.5 Å². The third-order valence-electron chi connectivity index (χ3n) is 9.60. The van der Waals surface area contributed by atoms with Crippen LogP contribution in [0.5, 0.6) is 0 Å². The molecule has 0 aliphatic carbocycles. The summed E-state index contributed by atoms with van der Waals surface area (Å²) in [6.07, 6.45) is 0. The van der Waals surface area contributed by atoms with Crippen molar-refractivity contribution in [1.29, 1.82) is 5.26 Å². The zero-order valence-corrected chi connectivity index (χ0v) is 26.7. The fourth-order valence-corrected chi connectivity index (χ4v) is 7.43. The van der Waals surface area contributed by atoms with Crippen molar-refractivity contribution in [2.45, 2.75) is 0 Å². The van der Waals surface area contributed by atoms with Gasteiger partial charge < -0.3 is 9.13 Å². The lowest BCUT2D eigenvalue weighted by Crippen LogP contribution is -1.99. The largest absolute Gasteiger partial charge is 0.310 e. The molecule has 9 rings (SSSR count). The summed E-state index contributed by atoms with van der Waals surface area (Å²) in [5.41, 5.74) is 11.3. The maximum absolute atomic E-state index is 9.71. The van der Waals surface area contributed by atoms with E-state index in [1.165, 1.54) is 10.8 Å². The maximum atomic E-state index is 9.71. The zero-order chi connectivity index (χ0) is 33.8. The summed E-state index contributed by atoms with van der Waals surface area (Å²) in [6.45, 7) is 16.1. The van der Waals surface area contributed by atoms with Crippen molar-refractivity contribution in [3.63, 3.8) is 0 Å². The van der Waals surface area contributed by atoms with E-state index in [9.17, 15) is 5.26 Å². The molecule has 0 unspecified atom stereocenters. The van der Waals surface area contributed by atoms with Gasteiger partial charge in [0.05, 0.1) is 46.8 Å². The Kier molecular flexibility index (Phi) is 6.56. The van der Waals surface area contributed by atoms with Crippen molar-refractivity contribution >= 4 is 55.0 Å². The highest BCUT2D eigenvalue weighted by molar-refractivity contribution is 6.11. The fourth-order valence-electron chi connectivity index (χ4n) is 7.43. The molecular formula is C45H25N5. The maximum Gasteiger partial charge on any atom is 0.195 e. The molecule has 0 saturated carbocycles. The van der Waals surface area contributed by atoms with Gasteiger partial charge in [-0.25, -0.2) is 9.69 Å². The molecule has 0 bridgehead atoms.